The van der Waals surface area contributed by atoms with Gasteiger partial charge in [-0.25, -0.2) is 8.42 Å². The van der Waals surface area contributed by atoms with E-state index in [9.17, 15) is 18.0 Å². The van der Waals surface area contributed by atoms with E-state index < -0.39 is 34.1 Å². The summed E-state index contributed by atoms with van der Waals surface area (Å²) in [5, 5.41) is 3.03. The minimum Gasteiger partial charge on any atom is -0.497 e. The molecule has 0 bridgehead atoms. The Morgan fingerprint density at radius 3 is 2.00 bits per heavy atom. The van der Waals surface area contributed by atoms with Gasteiger partial charge in [0.05, 0.1) is 19.1 Å². The minimum absolute atomic E-state index is 0.0751. The van der Waals surface area contributed by atoms with E-state index in [4.69, 9.17) is 4.74 Å². The Bertz CT molecular complexity index is 1490. The molecule has 232 valence electrons. The van der Waals surface area contributed by atoms with Crippen LogP contribution in [0.15, 0.2) is 78.9 Å². The molecular formula is C34H45N3O5S. The summed E-state index contributed by atoms with van der Waals surface area (Å²) in [4.78, 5) is 29.6. The van der Waals surface area contributed by atoms with Crippen LogP contribution >= 0.6 is 0 Å². The minimum atomic E-state index is -3.85. The van der Waals surface area contributed by atoms with Crippen molar-refractivity contribution >= 4 is 27.5 Å². The lowest BCUT2D eigenvalue weighted by Gasteiger charge is -2.35. The number of nitrogens with one attached hydrogen (secondary N) is 1. The van der Waals surface area contributed by atoms with E-state index in [1.165, 1.54) is 4.90 Å². The second kappa shape index (κ2) is 13.6. The topological polar surface area (TPSA) is 96.0 Å². The molecule has 8 nitrogen and oxygen atoms in total. The zero-order valence-corrected chi connectivity index (χ0v) is 27.4. The standard InChI is InChI=1S/C34H45N3O5S/c1-33(2,3)27-17-19-28(20-18-27)37(43(8,40)41)24-31(38)36(23-26-15-12-16-29(21-26)42-7)30(32(39)35-34(4,5)6)22-25-13-10-9-11-14-25/h9-21,30H,22-24H2,1-8H3,(H,35,39)/t30-/m0/s1. The van der Waals surface area contributed by atoms with Crippen LogP contribution < -0.4 is 14.4 Å². The first-order chi connectivity index (χ1) is 20.0. The molecule has 9 heteroatoms. The highest BCUT2D eigenvalue weighted by Crippen LogP contribution is 2.27. The molecule has 3 aromatic carbocycles. The molecule has 0 aliphatic carbocycles. The monoisotopic (exact) mass is 607 g/mol. The van der Waals surface area contributed by atoms with Gasteiger partial charge in [0.25, 0.3) is 0 Å². The van der Waals surface area contributed by atoms with Gasteiger partial charge in [0.2, 0.25) is 21.8 Å². The number of sulfonamides is 1. The van der Waals surface area contributed by atoms with E-state index in [0.29, 0.717) is 11.4 Å². The molecule has 2 amide bonds. The van der Waals surface area contributed by atoms with E-state index >= 15 is 0 Å². The van der Waals surface area contributed by atoms with Crippen molar-refractivity contribution in [1.29, 1.82) is 0 Å². The van der Waals surface area contributed by atoms with E-state index in [-0.39, 0.29) is 24.3 Å². The van der Waals surface area contributed by atoms with Gasteiger partial charge in [0, 0.05) is 18.5 Å². The highest BCUT2D eigenvalue weighted by Gasteiger charge is 2.34. The second-order valence-corrected chi connectivity index (χ2v) is 14.8. The van der Waals surface area contributed by atoms with E-state index in [1.54, 1.807) is 31.4 Å². The maximum absolute atomic E-state index is 14.3. The average Bonchev–Trinajstić information content (AvgIpc) is 2.92. The number of ether oxygens (including phenoxy) is 1. The lowest BCUT2D eigenvalue weighted by molar-refractivity contribution is -0.140. The average molecular weight is 608 g/mol. The quantitative estimate of drug-likeness (QED) is 0.319. The van der Waals surface area contributed by atoms with Gasteiger partial charge in [-0.3, -0.25) is 13.9 Å². The SMILES string of the molecule is COc1cccc(CN(C(=O)CN(c2ccc(C(C)(C)C)cc2)S(C)(=O)=O)[C@@H](Cc2ccccc2)C(=O)NC(C)(C)C)c1. The van der Waals surface area contributed by atoms with Crippen LogP contribution in [0.1, 0.15) is 58.2 Å². The molecule has 0 heterocycles. The normalized spacial score (nSPS) is 12.7. The van der Waals surface area contributed by atoms with Gasteiger partial charge in [0.15, 0.2) is 0 Å². The van der Waals surface area contributed by atoms with Crippen LogP contribution in [0.5, 0.6) is 5.75 Å². The summed E-state index contributed by atoms with van der Waals surface area (Å²) in [6, 6.07) is 23.0. The lowest BCUT2D eigenvalue weighted by atomic mass is 9.87. The molecular weight excluding hydrogens is 562 g/mol. The molecule has 0 saturated heterocycles. The number of hydrogen-bond acceptors (Lipinski definition) is 5. The Morgan fingerprint density at radius 1 is 0.860 bits per heavy atom. The number of benzene rings is 3. The predicted molar refractivity (Wildman–Crippen MR) is 173 cm³/mol. The Balaban J connectivity index is 2.08. The van der Waals surface area contributed by atoms with Crippen LogP contribution in [0.2, 0.25) is 0 Å². The fourth-order valence-corrected chi connectivity index (χ4v) is 5.57. The fourth-order valence-electron chi connectivity index (χ4n) is 4.72. The molecule has 0 aromatic heterocycles. The number of amides is 2. The Hall–Kier alpha value is -3.85. The Labute approximate surface area is 257 Å². The van der Waals surface area contributed by atoms with Crippen LogP contribution in [0.25, 0.3) is 0 Å². The molecule has 0 fully saturated rings. The highest BCUT2D eigenvalue weighted by atomic mass is 32.2. The van der Waals surface area contributed by atoms with Crippen molar-refractivity contribution in [3.8, 4) is 5.75 Å². The second-order valence-electron chi connectivity index (χ2n) is 12.9. The van der Waals surface area contributed by atoms with Crippen LogP contribution in [0.4, 0.5) is 5.69 Å². The molecule has 0 unspecified atom stereocenters. The van der Waals surface area contributed by atoms with E-state index in [2.05, 4.69) is 26.1 Å². The van der Waals surface area contributed by atoms with Gasteiger partial charge < -0.3 is 15.0 Å². The zero-order chi connectivity index (χ0) is 32.0. The Kier molecular flexibility index (Phi) is 10.7. The number of hydrogen-bond donors (Lipinski definition) is 1. The van der Waals surface area contributed by atoms with Crippen LogP contribution in [-0.2, 0) is 38.0 Å². The molecule has 1 atom stereocenters. The van der Waals surface area contributed by atoms with Crippen LogP contribution in [0.3, 0.4) is 0 Å². The van der Waals surface area contributed by atoms with E-state index in [0.717, 1.165) is 27.3 Å². The van der Waals surface area contributed by atoms with Gasteiger partial charge in [0.1, 0.15) is 18.3 Å². The van der Waals surface area contributed by atoms with Crippen molar-refractivity contribution in [3.63, 3.8) is 0 Å². The molecule has 43 heavy (non-hydrogen) atoms. The molecule has 3 rings (SSSR count). The highest BCUT2D eigenvalue weighted by molar-refractivity contribution is 7.92. The molecule has 3 aromatic rings. The summed E-state index contributed by atoms with van der Waals surface area (Å²) in [5.74, 6) is -0.216. The zero-order valence-electron chi connectivity index (χ0n) is 26.5. The largest absolute Gasteiger partial charge is 0.497 e. The number of methoxy groups -OCH3 is 1. The smallest absolute Gasteiger partial charge is 0.244 e. The van der Waals surface area contributed by atoms with Crippen molar-refractivity contribution in [2.75, 3.05) is 24.2 Å². The number of carbonyl (C=O) groups excluding carboxylic acids is 2. The Morgan fingerprint density at radius 2 is 1.47 bits per heavy atom. The number of anilines is 1. The summed E-state index contributed by atoms with van der Waals surface area (Å²) in [6.07, 6.45) is 1.33. The van der Waals surface area contributed by atoms with Crippen LogP contribution in [0, 0.1) is 0 Å². The molecule has 0 saturated carbocycles. The number of rotatable bonds is 11. The summed E-state index contributed by atoms with van der Waals surface area (Å²) >= 11 is 0. The van der Waals surface area contributed by atoms with Gasteiger partial charge in [-0.05, 0) is 67.1 Å². The molecule has 0 aliphatic heterocycles. The van der Waals surface area contributed by atoms with E-state index in [1.807, 2.05) is 75.4 Å². The van der Waals surface area contributed by atoms with Gasteiger partial charge in [-0.15, -0.1) is 0 Å². The molecule has 0 radical (unpaired) electrons. The fraction of sp³-hybridized carbons (Fsp3) is 0.412. The summed E-state index contributed by atoms with van der Waals surface area (Å²) in [6.45, 7) is 11.5. The van der Waals surface area contributed by atoms with Gasteiger partial charge in [-0.1, -0.05) is 75.4 Å². The maximum Gasteiger partial charge on any atom is 0.244 e. The van der Waals surface area contributed by atoms with Crippen LogP contribution in [-0.4, -0.2) is 56.6 Å². The third-order valence-electron chi connectivity index (χ3n) is 6.96. The summed E-state index contributed by atoms with van der Waals surface area (Å²) in [5.41, 5.74) is 2.36. The van der Waals surface area contributed by atoms with Gasteiger partial charge >= 0.3 is 0 Å². The molecule has 1 N–H and O–H groups in total. The van der Waals surface area contributed by atoms with Crippen molar-refractivity contribution in [2.24, 2.45) is 0 Å². The first kappa shape index (κ1) is 33.6. The van der Waals surface area contributed by atoms with Gasteiger partial charge in [-0.2, -0.15) is 0 Å². The summed E-state index contributed by atoms with van der Waals surface area (Å²) in [7, 11) is -2.29. The number of nitrogens with zero attached hydrogens (tertiary/aromatic N) is 2. The summed E-state index contributed by atoms with van der Waals surface area (Å²) < 4.78 is 32.6. The molecule has 0 spiro atoms. The van der Waals surface area contributed by atoms with Crippen molar-refractivity contribution in [1.82, 2.24) is 10.2 Å². The third kappa shape index (κ3) is 9.85. The number of carbonyl (C=O) groups is 2. The maximum atomic E-state index is 14.3. The van der Waals surface area contributed by atoms with Crippen molar-refractivity contribution < 1.29 is 22.7 Å². The molecule has 0 aliphatic rings. The predicted octanol–water partition coefficient (Wildman–Crippen LogP) is 5.31. The first-order valence-corrected chi connectivity index (χ1v) is 16.2. The van der Waals surface area contributed by atoms with Crippen molar-refractivity contribution in [2.45, 2.75) is 71.5 Å². The third-order valence-corrected chi connectivity index (χ3v) is 8.10. The first-order valence-electron chi connectivity index (χ1n) is 14.3. The van der Waals surface area contributed by atoms with Crippen molar-refractivity contribution in [3.05, 3.63) is 95.6 Å². The lowest BCUT2D eigenvalue weighted by Crippen LogP contribution is -2.56.